The number of ketones is 1. The normalized spacial score (nSPS) is 11.9. The summed E-state index contributed by atoms with van der Waals surface area (Å²) < 4.78 is 0. The predicted molar refractivity (Wildman–Crippen MR) is 57.5 cm³/mol. The van der Waals surface area contributed by atoms with E-state index in [0.717, 1.165) is 0 Å². The smallest absolute Gasteiger partial charge is 0.287 e. The van der Waals surface area contributed by atoms with Gasteiger partial charge in [0, 0.05) is 0 Å². The fraction of sp³-hybridized carbons (Fsp3) is 0.0909. The van der Waals surface area contributed by atoms with Crippen molar-refractivity contribution < 1.29 is 14.7 Å². The zero-order chi connectivity index (χ0) is 11.4. The van der Waals surface area contributed by atoms with E-state index in [0.29, 0.717) is 5.56 Å². The van der Waals surface area contributed by atoms with Crippen LogP contribution in [0.15, 0.2) is 36.1 Å². The van der Waals surface area contributed by atoms with Gasteiger partial charge in [0.1, 0.15) is 0 Å². The van der Waals surface area contributed by atoms with Gasteiger partial charge in [-0.25, -0.2) is 0 Å². The number of rotatable bonds is 3. The highest BCUT2D eigenvalue weighted by atomic mass is 35.5. The van der Waals surface area contributed by atoms with Crippen LogP contribution in [0.3, 0.4) is 0 Å². The van der Waals surface area contributed by atoms with Crippen molar-refractivity contribution in [3.05, 3.63) is 41.7 Å². The number of allylic oxidation sites excluding steroid dienone is 2. The van der Waals surface area contributed by atoms with E-state index in [2.05, 4.69) is 0 Å². The van der Waals surface area contributed by atoms with Crippen molar-refractivity contribution in [2.75, 3.05) is 0 Å². The SMILES string of the molecule is CC(=O)C(=C(O)C(=O)Cl)c1ccccc1. The molecular weight excluding hydrogens is 216 g/mol. The number of aliphatic hydroxyl groups excluding tert-OH is 1. The van der Waals surface area contributed by atoms with Gasteiger partial charge in [0.05, 0.1) is 5.57 Å². The van der Waals surface area contributed by atoms with Gasteiger partial charge in [0.2, 0.25) is 0 Å². The van der Waals surface area contributed by atoms with Crippen LogP contribution in [-0.2, 0) is 9.59 Å². The second-order valence-corrected chi connectivity index (χ2v) is 3.26. The van der Waals surface area contributed by atoms with Crippen LogP contribution in [0.25, 0.3) is 5.57 Å². The largest absolute Gasteiger partial charge is 0.503 e. The Bertz CT molecular complexity index is 421. The first-order valence-electron chi connectivity index (χ1n) is 4.23. The minimum absolute atomic E-state index is 0.0596. The van der Waals surface area contributed by atoms with Crippen molar-refractivity contribution in [3.63, 3.8) is 0 Å². The summed E-state index contributed by atoms with van der Waals surface area (Å²) in [5.41, 5.74) is 0.409. The molecule has 78 valence electrons. The maximum atomic E-state index is 11.3. The van der Waals surface area contributed by atoms with Crippen LogP contribution in [0, 0.1) is 0 Å². The summed E-state index contributed by atoms with van der Waals surface area (Å²) >= 11 is 5.12. The van der Waals surface area contributed by atoms with Gasteiger partial charge >= 0.3 is 0 Å². The molecule has 1 aromatic rings. The lowest BCUT2D eigenvalue weighted by atomic mass is 10.0. The van der Waals surface area contributed by atoms with Gasteiger partial charge in [-0.2, -0.15) is 0 Å². The lowest BCUT2D eigenvalue weighted by molar-refractivity contribution is -0.113. The first kappa shape index (κ1) is 11.5. The molecule has 0 amide bonds. The van der Waals surface area contributed by atoms with E-state index < -0.39 is 16.8 Å². The van der Waals surface area contributed by atoms with Gasteiger partial charge in [-0.15, -0.1) is 0 Å². The second-order valence-electron chi connectivity index (χ2n) is 2.92. The highest BCUT2D eigenvalue weighted by Crippen LogP contribution is 2.19. The van der Waals surface area contributed by atoms with Gasteiger partial charge < -0.3 is 5.11 Å². The van der Waals surface area contributed by atoms with E-state index in [4.69, 9.17) is 11.6 Å². The molecule has 1 aromatic carbocycles. The standard InChI is InChI=1S/C11H9ClO3/c1-7(13)9(10(14)11(12)15)8-5-3-2-4-6-8/h2-6,14H,1H3. The van der Waals surface area contributed by atoms with Gasteiger partial charge in [0.15, 0.2) is 11.5 Å². The highest BCUT2D eigenvalue weighted by molar-refractivity contribution is 6.68. The molecule has 4 heteroatoms. The average Bonchev–Trinajstić information content (AvgIpc) is 2.18. The van der Waals surface area contributed by atoms with E-state index in [1.54, 1.807) is 30.3 Å². The van der Waals surface area contributed by atoms with Crippen LogP contribution in [0.2, 0.25) is 0 Å². The number of hydrogen-bond acceptors (Lipinski definition) is 3. The van der Waals surface area contributed by atoms with Gasteiger partial charge in [-0.3, -0.25) is 9.59 Å². The lowest BCUT2D eigenvalue weighted by Crippen LogP contribution is -2.05. The molecule has 0 spiro atoms. The minimum atomic E-state index is -1.04. The molecule has 0 radical (unpaired) electrons. The van der Waals surface area contributed by atoms with Crippen LogP contribution < -0.4 is 0 Å². The third-order valence-corrected chi connectivity index (χ3v) is 2.02. The van der Waals surface area contributed by atoms with Crippen molar-refractivity contribution in [1.29, 1.82) is 0 Å². The molecule has 15 heavy (non-hydrogen) atoms. The zero-order valence-corrected chi connectivity index (χ0v) is 8.78. The average molecular weight is 225 g/mol. The topological polar surface area (TPSA) is 54.4 Å². The molecule has 0 fully saturated rings. The van der Waals surface area contributed by atoms with Crippen LogP contribution in [-0.4, -0.2) is 16.1 Å². The molecule has 3 nitrogen and oxygen atoms in total. The molecule has 0 saturated heterocycles. The summed E-state index contributed by atoms with van der Waals surface area (Å²) in [5, 5.41) is 8.35. The Morgan fingerprint density at radius 2 is 1.73 bits per heavy atom. The van der Waals surface area contributed by atoms with E-state index in [9.17, 15) is 14.7 Å². The van der Waals surface area contributed by atoms with Crippen molar-refractivity contribution >= 4 is 28.2 Å². The number of carbonyl (C=O) groups excluding carboxylic acids is 2. The van der Waals surface area contributed by atoms with Crippen LogP contribution >= 0.6 is 11.6 Å². The summed E-state index contributed by atoms with van der Waals surface area (Å²) in [6.07, 6.45) is 0. The zero-order valence-electron chi connectivity index (χ0n) is 8.03. The van der Waals surface area contributed by atoms with Gasteiger partial charge in [-0.1, -0.05) is 30.3 Å². The fourth-order valence-corrected chi connectivity index (χ4v) is 1.30. The molecule has 0 unspecified atom stereocenters. The van der Waals surface area contributed by atoms with Crippen molar-refractivity contribution in [2.24, 2.45) is 0 Å². The van der Waals surface area contributed by atoms with Crippen LogP contribution in [0.1, 0.15) is 12.5 Å². The number of carbonyl (C=O) groups is 2. The Morgan fingerprint density at radius 3 is 2.13 bits per heavy atom. The van der Waals surface area contributed by atoms with E-state index in [-0.39, 0.29) is 5.57 Å². The molecule has 0 heterocycles. The molecule has 1 N–H and O–H groups in total. The summed E-state index contributed by atoms with van der Waals surface area (Å²) in [6.45, 7) is 1.26. The molecule has 1 rings (SSSR count). The Kier molecular flexibility index (Phi) is 3.63. The number of aliphatic hydroxyl groups is 1. The quantitative estimate of drug-likeness (QED) is 0.487. The summed E-state index contributed by atoms with van der Waals surface area (Å²) in [6, 6.07) is 8.40. The Hall–Kier alpha value is -1.61. The van der Waals surface area contributed by atoms with Crippen molar-refractivity contribution in [3.8, 4) is 0 Å². The van der Waals surface area contributed by atoms with Gasteiger partial charge in [-0.05, 0) is 24.1 Å². The number of hydrogen-bond donors (Lipinski definition) is 1. The monoisotopic (exact) mass is 224 g/mol. The van der Waals surface area contributed by atoms with Crippen molar-refractivity contribution in [2.45, 2.75) is 6.92 Å². The minimum Gasteiger partial charge on any atom is -0.503 e. The second kappa shape index (κ2) is 4.75. The third kappa shape index (κ3) is 2.67. The third-order valence-electron chi connectivity index (χ3n) is 1.84. The Labute approximate surface area is 92.0 Å². The molecule has 0 aliphatic carbocycles. The summed E-state index contributed by atoms with van der Waals surface area (Å²) in [4.78, 5) is 22.0. The van der Waals surface area contributed by atoms with E-state index in [1.165, 1.54) is 6.92 Å². The number of Topliss-reactive ketones (excluding diaryl/α,β-unsaturated/α-hetero) is 1. The molecule has 0 aliphatic rings. The maximum Gasteiger partial charge on any atom is 0.287 e. The Balaban J connectivity index is 3.34. The van der Waals surface area contributed by atoms with Crippen LogP contribution in [0.4, 0.5) is 0 Å². The lowest BCUT2D eigenvalue weighted by Gasteiger charge is -2.04. The highest BCUT2D eigenvalue weighted by Gasteiger charge is 2.17. The van der Waals surface area contributed by atoms with E-state index >= 15 is 0 Å². The molecular formula is C11H9ClO3. The molecule has 0 aromatic heterocycles. The molecule has 0 saturated carbocycles. The number of halogens is 1. The fourth-order valence-electron chi connectivity index (χ4n) is 1.21. The van der Waals surface area contributed by atoms with E-state index in [1.807, 2.05) is 0 Å². The molecule has 0 atom stereocenters. The predicted octanol–water partition coefficient (Wildman–Crippen LogP) is 2.31. The van der Waals surface area contributed by atoms with Crippen LogP contribution in [0.5, 0.6) is 0 Å². The molecule has 0 bridgehead atoms. The van der Waals surface area contributed by atoms with Gasteiger partial charge in [0.25, 0.3) is 5.24 Å². The number of benzene rings is 1. The molecule has 0 aliphatic heterocycles. The summed E-state index contributed by atoms with van der Waals surface area (Å²) in [7, 11) is 0. The Morgan fingerprint density at radius 1 is 1.20 bits per heavy atom. The maximum absolute atomic E-state index is 11.3. The first-order chi connectivity index (χ1) is 7.04. The summed E-state index contributed by atoms with van der Waals surface area (Å²) in [5.74, 6) is -1.12. The van der Waals surface area contributed by atoms with Crippen molar-refractivity contribution in [1.82, 2.24) is 0 Å². The first-order valence-corrected chi connectivity index (χ1v) is 4.61.